The van der Waals surface area contributed by atoms with E-state index in [0.717, 1.165) is 13.0 Å². The van der Waals surface area contributed by atoms with E-state index >= 15 is 0 Å². The van der Waals surface area contributed by atoms with Crippen LogP contribution in [0.2, 0.25) is 0 Å². The molecule has 0 radical (unpaired) electrons. The van der Waals surface area contributed by atoms with Crippen LogP contribution in [0.25, 0.3) is 0 Å². The van der Waals surface area contributed by atoms with E-state index in [1.165, 1.54) is 12.8 Å². The lowest BCUT2D eigenvalue weighted by Crippen LogP contribution is -2.11. The second kappa shape index (κ2) is 8.76. The highest BCUT2D eigenvalue weighted by Crippen LogP contribution is 2.01. The van der Waals surface area contributed by atoms with Gasteiger partial charge in [-0.1, -0.05) is 38.0 Å². The summed E-state index contributed by atoms with van der Waals surface area (Å²) < 4.78 is 10.4. The number of carbonyl (C=O) groups is 1. The first-order valence-electron chi connectivity index (χ1n) is 6.14. The monoisotopic (exact) mass is 236 g/mol. The van der Waals surface area contributed by atoms with Crippen molar-refractivity contribution in [3.05, 3.63) is 35.9 Å². The van der Waals surface area contributed by atoms with Crippen molar-refractivity contribution < 1.29 is 14.3 Å². The maximum Gasteiger partial charge on any atom is 0.338 e. The summed E-state index contributed by atoms with van der Waals surface area (Å²) in [4.78, 5) is 11.5. The molecule has 17 heavy (non-hydrogen) atoms. The van der Waals surface area contributed by atoms with Gasteiger partial charge in [0, 0.05) is 6.61 Å². The molecule has 0 N–H and O–H groups in total. The minimum Gasteiger partial charge on any atom is -0.460 e. The molecule has 0 unspecified atom stereocenters. The fourth-order valence-corrected chi connectivity index (χ4v) is 1.41. The van der Waals surface area contributed by atoms with Gasteiger partial charge in [0.15, 0.2) is 0 Å². The van der Waals surface area contributed by atoms with Crippen molar-refractivity contribution >= 4 is 5.97 Å². The summed E-state index contributed by atoms with van der Waals surface area (Å²) in [7, 11) is 0. The Hall–Kier alpha value is -1.35. The molecule has 0 aromatic heterocycles. The third-order valence-corrected chi connectivity index (χ3v) is 2.36. The van der Waals surface area contributed by atoms with Crippen LogP contribution in [0.4, 0.5) is 0 Å². The van der Waals surface area contributed by atoms with E-state index in [1.54, 1.807) is 12.1 Å². The van der Waals surface area contributed by atoms with Gasteiger partial charge in [0.2, 0.25) is 0 Å². The van der Waals surface area contributed by atoms with E-state index in [1.807, 2.05) is 18.2 Å². The lowest BCUT2D eigenvalue weighted by atomic mass is 10.2. The average Bonchev–Trinajstić information content (AvgIpc) is 2.38. The van der Waals surface area contributed by atoms with Crippen molar-refractivity contribution in [3.8, 4) is 0 Å². The van der Waals surface area contributed by atoms with Crippen LogP contribution >= 0.6 is 0 Å². The standard InChI is InChI=1S/C14H20O3/c1-2-3-7-10-16-11-12-17-14(15)13-8-5-4-6-9-13/h4-6,8-9H,2-3,7,10-12H2,1H3. The van der Waals surface area contributed by atoms with E-state index in [4.69, 9.17) is 9.47 Å². The lowest BCUT2D eigenvalue weighted by Gasteiger charge is -2.05. The van der Waals surface area contributed by atoms with Crippen LogP contribution < -0.4 is 0 Å². The summed E-state index contributed by atoms with van der Waals surface area (Å²) in [6, 6.07) is 8.98. The number of hydrogen-bond acceptors (Lipinski definition) is 3. The molecule has 0 heterocycles. The molecule has 0 aliphatic rings. The SMILES string of the molecule is CCCCCOCCOC(=O)c1ccccc1. The van der Waals surface area contributed by atoms with E-state index in [0.29, 0.717) is 18.8 Å². The highest BCUT2D eigenvalue weighted by molar-refractivity contribution is 5.89. The molecular formula is C14H20O3. The summed E-state index contributed by atoms with van der Waals surface area (Å²) in [5.74, 6) is -0.289. The van der Waals surface area contributed by atoms with Crippen molar-refractivity contribution in [2.24, 2.45) is 0 Å². The van der Waals surface area contributed by atoms with Crippen LogP contribution in [0, 0.1) is 0 Å². The molecule has 1 rings (SSSR count). The van der Waals surface area contributed by atoms with Crippen LogP contribution in [0.1, 0.15) is 36.5 Å². The second-order valence-electron chi connectivity index (χ2n) is 3.82. The Morgan fingerprint density at radius 2 is 1.82 bits per heavy atom. The topological polar surface area (TPSA) is 35.5 Å². The molecule has 3 heteroatoms. The Balaban J connectivity index is 2.05. The summed E-state index contributed by atoms with van der Waals surface area (Å²) in [6.45, 7) is 3.69. The van der Waals surface area contributed by atoms with Crippen LogP contribution in [-0.4, -0.2) is 25.8 Å². The van der Waals surface area contributed by atoms with Crippen molar-refractivity contribution in [1.82, 2.24) is 0 Å². The fraction of sp³-hybridized carbons (Fsp3) is 0.500. The summed E-state index contributed by atoms with van der Waals surface area (Å²) >= 11 is 0. The molecule has 0 fully saturated rings. The van der Waals surface area contributed by atoms with Gasteiger partial charge < -0.3 is 9.47 Å². The zero-order valence-corrected chi connectivity index (χ0v) is 10.4. The number of ether oxygens (including phenoxy) is 2. The highest BCUT2D eigenvalue weighted by Gasteiger charge is 2.04. The molecule has 0 aliphatic heterocycles. The van der Waals surface area contributed by atoms with Gasteiger partial charge in [0.05, 0.1) is 12.2 Å². The quantitative estimate of drug-likeness (QED) is 0.514. The van der Waals surface area contributed by atoms with E-state index in [9.17, 15) is 4.79 Å². The Bertz CT molecular complexity index is 309. The van der Waals surface area contributed by atoms with Crippen LogP contribution in [0.15, 0.2) is 30.3 Å². The fourth-order valence-electron chi connectivity index (χ4n) is 1.41. The van der Waals surface area contributed by atoms with Gasteiger partial charge >= 0.3 is 5.97 Å². The summed E-state index contributed by atoms with van der Waals surface area (Å²) in [5, 5.41) is 0. The van der Waals surface area contributed by atoms with Gasteiger partial charge in [-0.15, -0.1) is 0 Å². The largest absolute Gasteiger partial charge is 0.460 e. The molecule has 3 nitrogen and oxygen atoms in total. The first kappa shape index (κ1) is 13.7. The Kier molecular flexibility index (Phi) is 7.07. The normalized spacial score (nSPS) is 10.2. The maximum atomic E-state index is 11.5. The number of esters is 1. The zero-order chi connectivity index (χ0) is 12.3. The number of rotatable bonds is 8. The second-order valence-corrected chi connectivity index (χ2v) is 3.82. The maximum absolute atomic E-state index is 11.5. The molecular weight excluding hydrogens is 216 g/mol. The van der Waals surface area contributed by atoms with Crippen molar-refractivity contribution in [2.75, 3.05) is 19.8 Å². The minimum atomic E-state index is -0.289. The van der Waals surface area contributed by atoms with Crippen LogP contribution in [-0.2, 0) is 9.47 Å². The molecule has 0 saturated heterocycles. The summed E-state index contributed by atoms with van der Waals surface area (Å²) in [6.07, 6.45) is 3.44. The highest BCUT2D eigenvalue weighted by atomic mass is 16.6. The van der Waals surface area contributed by atoms with E-state index < -0.39 is 0 Å². The molecule has 0 aliphatic carbocycles. The molecule has 1 aromatic carbocycles. The van der Waals surface area contributed by atoms with Gasteiger partial charge in [-0.3, -0.25) is 0 Å². The van der Waals surface area contributed by atoms with Gasteiger partial charge in [-0.2, -0.15) is 0 Å². The minimum absolute atomic E-state index is 0.289. The van der Waals surface area contributed by atoms with Gasteiger partial charge in [-0.25, -0.2) is 4.79 Å². The number of carbonyl (C=O) groups excluding carboxylic acids is 1. The first-order valence-corrected chi connectivity index (χ1v) is 6.14. The number of unbranched alkanes of at least 4 members (excludes halogenated alkanes) is 2. The third kappa shape index (κ3) is 6.07. The van der Waals surface area contributed by atoms with Gasteiger partial charge in [0.25, 0.3) is 0 Å². The molecule has 0 saturated carbocycles. The Morgan fingerprint density at radius 3 is 2.53 bits per heavy atom. The van der Waals surface area contributed by atoms with Crippen molar-refractivity contribution in [3.63, 3.8) is 0 Å². The molecule has 0 amide bonds. The van der Waals surface area contributed by atoms with Crippen LogP contribution in [0.5, 0.6) is 0 Å². The van der Waals surface area contributed by atoms with Crippen LogP contribution in [0.3, 0.4) is 0 Å². The molecule has 1 aromatic rings. The van der Waals surface area contributed by atoms with Gasteiger partial charge in [0.1, 0.15) is 6.61 Å². The Labute approximate surface area is 103 Å². The molecule has 0 spiro atoms. The molecule has 0 bridgehead atoms. The smallest absolute Gasteiger partial charge is 0.338 e. The Morgan fingerprint density at radius 1 is 1.06 bits per heavy atom. The molecule has 0 atom stereocenters. The third-order valence-electron chi connectivity index (χ3n) is 2.36. The molecule has 94 valence electrons. The van der Waals surface area contributed by atoms with E-state index in [2.05, 4.69) is 6.92 Å². The number of benzene rings is 1. The summed E-state index contributed by atoms with van der Waals surface area (Å²) in [5.41, 5.74) is 0.582. The predicted octanol–water partition coefficient (Wildman–Crippen LogP) is 3.05. The van der Waals surface area contributed by atoms with Crippen molar-refractivity contribution in [2.45, 2.75) is 26.2 Å². The lowest BCUT2D eigenvalue weighted by molar-refractivity contribution is 0.0312. The van der Waals surface area contributed by atoms with Crippen molar-refractivity contribution in [1.29, 1.82) is 0 Å². The zero-order valence-electron chi connectivity index (χ0n) is 10.4. The predicted molar refractivity (Wildman–Crippen MR) is 67.1 cm³/mol. The first-order chi connectivity index (χ1) is 8.34. The number of hydrogen-bond donors (Lipinski definition) is 0. The van der Waals surface area contributed by atoms with E-state index in [-0.39, 0.29) is 5.97 Å². The average molecular weight is 236 g/mol. The van der Waals surface area contributed by atoms with Gasteiger partial charge in [-0.05, 0) is 18.6 Å².